The van der Waals surface area contributed by atoms with Crippen LogP contribution in [0.5, 0.6) is 5.75 Å². The van der Waals surface area contributed by atoms with Crippen molar-refractivity contribution < 1.29 is 9.90 Å². The number of nitrogens with one attached hydrogen (secondary N) is 1. The number of halogens is 1. The molecule has 2 aromatic carbocycles. The van der Waals surface area contributed by atoms with Crippen molar-refractivity contribution in [3.63, 3.8) is 0 Å². The van der Waals surface area contributed by atoms with E-state index in [2.05, 4.69) is 72.7 Å². The molecule has 1 aliphatic rings. The fourth-order valence-corrected chi connectivity index (χ4v) is 5.11. The van der Waals surface area contributed by atoms with Gasteiger partial charge in [0.2, 0.25) is 0 Å². The molecule has 1 heterocycles. The Hall–Kier alpha value is -2.14. The van der Waals surface area contributed by atoms with Crippen LogP contribution in [0.1, 0.15) is 88.4 Å². The lowest BCUT2D eigenvalue weighted by atomic mass is 9.78. The summed E-state index contributed by atoms with van der Waals surface area (Å²) in [5, 5.41) is 19.9. The van der Waals surface area contributed by atoms with Gasteiger partial charge < -0.3 is 10.0 Å². The Morgan fingerprint density at radius 2 is 1.57 bits per heavy atom. The van der Waals surface area contributed by atoms with Crippen LogP contribution in [0, 0.1) is 17.2 Å². The molecule has 2 atom stereocenters. The molecule has 0 bridgehead atoms. The van der Waals surface area contributed by atoms with E-state index in [0.717, 1.165) is 36.9 Å². The van der Waals surface area contributed by atoms with E-state index in [1.165, 1.54) is 5.56 Å². The quantitative estimate of drug-likeness (QED) is 0.360. The molecule has 0 aliphatic carbocycles. The number of phenolic OH excluding ortho intramolecular Hbond substituents is 1. The predicted molar refractivity (Wildman–Crippen MR) is 151 cm³/mol. The summed E-state index contributed by atoms with van der Waals surface area (Å²) in [6.07, 6.45) is 2.98. The van der Waals surface area contributed by atoms with Crippen molar-refractivity contribution in [1.82, 2.24) is 4.90 Å². The second kappa shape index (κ2) is 11.3. The summed E-state index contributed by atoms with van der Waals surface area (Å²) >= 11 is 0. The number of aromatic hydroxyl groups is 1. The average Bonchev–Trinajstić information content (AvgIpc) is 3.02. The van der Waals surface area contributed by atoms with Crippen LogP contribution in [0.4, 0.5) is 0 Å². The highest BCUT2D eigenvalue weighted by molar-refractivity contribution is 8.93. The second-order valence-corrected chi connectivity index (χ2v) is 12.0. The van der Waals surface area contributed by atoms with Crippen molar-refractivity contribution in [3.05, 3.63) is 64.7 Å². The number of ketones is 1. The topological polar surface area (TPSA) is 64.4 Å². The fraction of sp³-hybridized carbons (Fsp3) is 0.533. The first-order chi connectivity index (χ1) is 15.8. The molecule has 2 aromatic rings. The number of amidine groups is 1. The monoisotopic (exact) mass is 542 g/mol. The molecule has 0 spiro atoms. The Morgan fingerprint density at radius 1 is 1.03 bits per heavy atom. The van der Waals surface area contributed by atoms with Crippen molar-refractivity contribution in [1.29, 1.82) is 5.41 Å². The predicted octanol–water partition coefficient (Wildman–Crippen LogP) is 7.32. The molecule has 3 rings (SSSR count). The Bertz CT molecular complexity index is 1000. The minimum Gasteiger partial charge on any atom is -0.507 e. The fourth-order valence-electron chi connectivity index (χ4n) is 5.11. The number of rotatable bonds is 7. The van der Waals surface area contributed by atoms with Crippen LogP contribution in [0.2, 0.25) is 0 Å². The smallest absolute Gasteiger partial charge is 0.182 e. The van der Waals surface area contributed by atoms with Gasteiger partial charge in [0, 0.05) is 29.2 Å². The number of nitrogens with zero attached hydrogens (tertiary/aromatic N) is 1. The number of benzene rings is 2. The van der Waals surface area contributed by atoms with Crippen molar-refractivity contribution in [2.45, 2.75) is 78.6 Å². The van der Waals surface area contributed by atoms with Gasteiger partial charge in [-0.3, -0.25) is 10.2 Å². The molecule has 1 aliphatic heterocycles. The van der Waals surface area contributed by atoms with Gasteiger partial charge in [-0.05, 0) is 47.3 Å². The zero-order valence-electron chi connectivity index (χ0n) is 22.4. The molecule has 0 radical (unpaired) electrons. The molecule has 192 valence electrons. The Labute approximate surface area is 222 Å². The highest BCUT2D eigenvalue weighted by atomic mass is 79.9. The minimum atomic E-state index is -0.284. The normalized spacial score (nSPS) is 18.5. The third-order valence-corrected chi connectivity index (χ3v) is 7.06. The molecule has 1 saturated heterocycles. The van der Waals surface area contributed by atoms with Crippen LogP contribution in [0.15, 0.2) is 42.5 Å². The van der Waals surface area contributed by atoms with E-state index in [4.69, 9.17) is 5.41 Å². The SMILES string of the molecule is Br.CCCC1CN(CC(=O)c2cc(C(C)(C)C)c(O)c(C(C)(C)C)c2)C(=N)C1Cc1ccccc1. The van der Waals surface area contributed by atoms with E-state index in [1.54, 1.807) is 0 Å². The molecule has 0 aromatic heterocycles. The first-order valence-electron chi connectivity index (χ1n) is 12.6. The second-order valence-electron chi connectivity index (χ2n) is 12.0. The third kappa shape index (κ3) is 6.75. The molecule has 0 amide bonds. The number of likely N-dealkylation sites (tertiary alicyclic amines) is 1. The van der Waals surface area contributed by atoms with Crippen molar-refractivity contribution in [2.75, 3.05) is 13.1 Å². The Morgan fingerprint density at radius 3 is 2.06 bits per heavy atom. The molecule has 2 unspecified atom stereocenters. The zero-order valence-corrected chi connectivity index (χ0v) is 24.2. The zero-order chi connectivity index (χ0) is 25.3. The summed E-state index contributed by atoms with van der Waals surface area (Å²) < 4.78 is 0. The number of carbonyl (C=O) groups excluding carboxylic acids is 1. The summed E-state index contributed by atoms with van der Waals surface area (Å²) in [5.41, 5.74) is 2.89. The molecule has 4 nitrogen and oxygen atoms in total. The van der Waals surface area contributed by atoms with Crippen LogP contribution in [-0.2, 0) is 17.3 Å². The van der Waals surface area contributed by atoms with E-state index >= 15 is 0 Å². The summed E-state index contributed by atoms with van der Waals surface area (Å²) in [7, 11) is 0. The van der Waals surface area contributed by atoms with Crippen molar-refractivity contribution >= 4 is 28.6 Å². The number of hydrogen-bond acceptors (Lipinski definition) is 3. The van der Waals surface area contributed by atoms with Gasteiger partial charge in [0.15, 0.2) is 5.78 Å². The number of carbonyl (C=O) groups is 1. The van der Waals surface area contributed by atoms with Gasteiger partial charge in [0.1, 0.15) is 11.6 Å². The maximum Gasteiger partial charge on any atom is 0.182 e. The van der Waals surface area contributed by atoms with Gasteiger partial charge in [0.25, 0.3) is 0 Å². The molecular weight excluding hydrogens is 500 g/mol. The van der Waals surface area contributed by atoms with Crippen molar-refractivity contribution in [2.24, 2.45) is 11.8 Å². The molecular formula is C30H43BrN2O2. The van der Waals surface area contributed by atoms with E-state index in [1.807, 2.05) is 23.1 Å². The molecule has 1 fully saturated rings. The summed E-state index contributed by atoms with van der Waals surface area (Å²) in [6.45, 7) is 15.5. The third-order valence-electron chi connectivity index (χ3n) is 7.06. The first kappa shape index (κ1) is 29.1. The minimum absolute atomic E-state index is 0. The maximum atomic E-state index is 13.5. The van der Waals surface area contributed by atoms with Gasteiger partial charge >= 0.3 is 0 Å². The first-order valence-corrected chi connectivity index (χ1v) is 12.6. The summed E-state index contributed by atoms with van der Waals surface area (Å²) in [5.74, 6) is 1.42. The van der Waals surface area contributed by atoms with Gasteiger partial charge in [-0.1, -0.05) is 85.2 Å². The van der Waals surface area contributed by atoms with Gasteiger partial charge in [0.05, 0.1) is 6.54 Å². The maximum absolute atomic E-state index is 13.5. The van der Waals surface area contributed by atoms with E-state index in [-0.39, 0.29) is 51.8 Å². The van der Waals surface area contributed by atoms with E-state index in [9.17, 15) is 9.90 Å². The van der Waals surface area contributed by atoms with E-state index in [0.29, 0.717) is 17.3 Å². The number of phenols is 1. The van der Waals surface area contributed by atoms with Crippen LogP contribution in [0.25, 0.3) is 0 Å². The Balaban J connectivity index is 0.00000432. The lowest BCUT2D eigenvalue weighted by Crippen LogP contribution is -2.33. The van der Waals surface area contributed by atoms with Gasteiger partial charge in [-0.25, -0.2) is 0 Å². The van der Waals surface area contributed by atoms with Gasteiger partial charge in [-0.2, -0.15) is 0 Å². The summed E-state index contributed by atoms with van der Waals surface area (Å²) in [6, 6.07) is 14.1. The highest BCUT2D eigenvalue weighted by Crippen LogP contribution is 2.40. The van der Waals surface area contributed by atoms with Crippen molar-refractivity contribution in [3.8, 4) is 5.75 Å². The standard InChI is InChI=1S/C30H42N2O2.BrH/c1-8-12-21-18-32(28(31)23(21)15-20-13-10-9-11-14-20)19-26(33)22-16-24(29(2,3)4)27(34)25(17-22)30(5,6)7;/h9-11,13-14,16-17,21,23,31,34H,8,12,15,18-19H2,1-7H3;1H. The molecule has 0 saturated carbocycles. The highest BCUT2D eigenvalue weighted by Gasteiger charge is 2.38. The number of hydrogen-bond donors (Lipinski definition) is 2. The molecule has 5 heteroatoms. The Kier molecular flexibility index (Phi) is 9.38. The van der Waals surface area contributed by atoms with Crippen LogP contribution in [-0.4, -0.2) is 34.7 Å². The van der Waals surface area contributed by atoms with Crippen LogP contribution < -0.4 is 0 Å². The largest absolute Gasteiger partial charge is 0.507 e. The molecule has 35 heavy (non-hydrogen) atoms. The summed E-state index contributed by atoms with van der Waals surface area (Å²) in [4.78, 5) is 15.5. The lowest BCUT2D eigenvalue weighted by molar-refractivity contribution is 0.0963. The van der Waals surface area contributed by atoms with Gasteiger partial charge in [-0.15, -0.1) is 17.0 Å². The molecule has 2 N–H and O–H groups in total. The lowest BCUT2D eigenvalue weighted by Gasteiger charge is -2.28. The van der Waals surface area contributed by atoms with Crippen LogP contribution >= 0.6 is 17.0 Å². The van der Waals surface area contributed by atoms with E-state index < -0.39 is 0 Å². The van der Waals surface area contributed by atoms with Crippen LogP contribution in [0.3, 0.4) is 0 Å². The number of Topliss-reactive ketones (excluding diaryl/α,β-unsaturated/α-hetero) is 1. The average molecular weight is 544 g/mol.